The van der Waals surface area contributed by atoms with Crippen molar-refractivity contribution in [3.8, 4) is 0 Å². The Labute approximate surface area is 105 Å². The van der Waals surface area contributed by atoms with Crippen molar-refractivity contribution in [3.05, 3.63) is 0 Å². The lowest BCUT2D eigenvalue weighted by molar-refractivity contribution is -0.425. The topological polar surface area (TPSA) is 29.5 Å². The van der Waals surface area contributed by atoms with Gasteiger partial charge in [-0.1, -0.05) is 0 Å². The van der Waals surface area contributed by atoms with E-state index in [0.29, 0.717) is 0 Å². The third kappa shape index (κ3) is 1.45. The summed E-state index contributed by atoms with van der Waals surface area (Å²) in [7, 11) is 0. The van der Waals surface area contributed by atoms with E-state index in [-0.39, 0.29) is 0 Å². The minimum absolute atomic E-state index is 0.588. The quantitative estimate of drug-likeness (QED) is 0.754. The summed E-state index contributed by atoms with van der Waals surface area (Å²) in [5.41, 5.74) is -11.5. The van der Waals surface area contributed by atoms with Crippen LogP contribution in [0.5, 0.6) is 0 Å². The number of alkyl halides is 9. The third-order valence-electron chi connectivity index (χ3n) is 3.70. The van der Waals surface area contributed by atoms with Crippen LogP contribution in [0.25, 0.3) is 0 Å². The van der Waals surface area contributed by atoms with Gasteiger partial charge in [-0.05, 0) is 12.8 Å². The molecule has 0 aliphatic carbocycles. The van der Waals surface area contributed by atoms with Crippen LogP contribution in [0.3, 0.4) is 0 Å². The van der Waals surface area contributed by atoms with Gasteiger partial charge in [0, 0.05) is 0 Å². The van der Waals surface area contributed by atoms with Crippen LogP contribution in [0, 0.1) is 0 Å². The molecule has 2 bridgehead atoms. The Kier molecular flexibility index (Phi) is 2.92. The maximum Gasteiger partial charge on any atom is 0.429 e. The maximum absolute atomic E-state index is 14.3. The summed E-state index contributed by atoms with van der Waals surface area (Å²) < 4.78 is 121. The number of ether oxygens (including phenoxy) is 1. The highest BCUT2D eigenvalue weighted by atomic mass is 19.4. The molecule has 2 saturated heterocycles. The van der Waals surface area contributed by atoms with Crippen molar-refractivity contribution in [2.24, 2.45) is 0 Å². The highest BCUT2D eigenvalue weighted by Crippen LogP contribution is 2.64. The molecule has 3 unspecified atom stereocenters. The van der Waals surface area contributed by atoms with E-state index in [1.54, 1.807) is 0 Å². The van der Waals surface area contributed by atoms with Gasteiger partial charge in [-0.3, -0.25) is 0 Å². The number of rotatable bonds is 1. The molecule has 0 amide bonds. The summed E-state index contributed by atoms with van der Waals surface area (Å²) in [4.78, 5) is 0. The smallest absolute Gasteiger partial charge is 0.371 e. The predicted molar refractivity (Wildman–Crippen MR) is 43.7 cm³/mol. The molecule has 0 aromatic rings. The fourth-order valence-corrected chi connectivity index (χ4v) is 2.69. The summed E-state index contributed by atoms with van der Waals surface area (Å²) in [6.45, 7) is 0. The molecule has 20 heavy (non-hydrogen) atoms. The Morgan fingerprint density at radius 2 is 1.25 bits per heavy atom. The number of aliphatic hydroxyl groups is 1. The Morgan fingerprint density at radius 3 is 1.55 bits per heavy atom. The summed E-state index contributed by atoms with van der Waals surface area (Å²) in [6.07, 6.45) is -19.8. The molecule has 1 N–H and O–H groups in total. The van der Waals surface area contributed by atoms with Crippen LogP contribution in [-0.2, 0) is 4.74 Å². The van der Waals surface area contributed by atoms with E-state index in [9.17, 15) is 39.5 Å². The second-order valence-electron chi connectivity index (χ2n) is 4.73. The molecule has 2 fully saturated rings. The number of halogens is 9. The van der Waals surface area contributed by atoms with Gasteiger partial charge in [-0.15, -0.1) is 0 Å². The molecule has 2 nitrogen and oxygen atoms in total. The summed E-state index contributed by atoms with van der Waals surface area (Å²) in [5.74, 6) is -5.12. The van der Waals surface area contributed by atoms with Crippen molar-refractivity contribution in [1.29, 1.82) is 0 Å². The van der Waals surface area contributed by atoms with Gasteiger partial charge >= 0.3 is 18.3 Å². The number of hydrogen-bond acceptors (Lipinski definition) is 2. The van der Waals surface area contributed by atoms with Gasteiger partial charge in [0.1, 0.15) is 12.2 Å². The highest BCUT2D eigenvalue weighted by Gasteiger charge is 2.92. The summed E-state index contributed by atoms with van der Waals surface area (Å²) in [5, 5.41) is 8.92. The Hall–Kier alpha value is -0.710. The van der Waals surface area contributed by atoms with Crippen molar-refractivity contribution >= 4 is 0 Å². The van der Waals surface area contributed by atoms with E-state index < -0.39 is 54.6 Å². The highest BCUT2D eigenvalue weighted by molar-refractivity contribution is 5.26. The monoisotopic (exact) mass is 318 g/mol. The summed E-state index contributed by atoms with van der Waals surface area (Å²) in [6, 6.07) is 0. The zero-order valence-corrected chi connectivity index (χ0v) is 9.33. The number of fused-ring (bicyclic) bond motifs is 2. The first-order chi connectivity index (χ1) is 8.71. The molecule has 2 aliphatic rings. The Morgan fingerprint density at radius 1 is 0.850 bits per heavy atom. The molecule has 0 aromatic heterocycles. The zero-order valence-electron chi connectivity index (χ0n) is 9.33. The van der Waals surface area contributed by atoms with E-state index in [4.69, 9.17) is 5.11 Å². The van der Waals surface area contributed by atoms with Crippen LogP contribution < -0.4 is 0 Å². The second-order valence-corrected chi connectivity index (χ2v) is 4.73. The molecule has 2 rings (SSSR count). The van der Waals surface area contributed by atoms with Gasteiger partial charge in [0.15, 0.2) is 0 Å². The van der Waals surface area contributed by atoms with Crippen molar-refractivity contribution in [1.82, 2.24) is 0 Å². The minimum atomic E-state index is -6.68. The number of hydrogen-bond donors (Lipinski definition) is 1. The van der Waals surface area contributed by atoms with E-state index in [1.807, 2.05) is 0 Å². The maximum atomic E-state index is 14.3. The van der Waals surface area contributed by atoms with E-state index in [1.165, 1.54) is 0 Å². The first kappa shape index (κ1) is 15.7. The lowest BCUT2D eigenvalue weighted by Gasteiger charge is -2.46. The fraction of sp³-hybridized carbons (Fsp3) is 1.00. The molecule has 0 saturated carbocycles. The predicted octanol–water partition coefficient (Wildman–Crippen LogP) is 2.75. The van der Waals surface area contributed by atoms with Crippen LogP contribution in [-0.4, -0.2) is 46.9 Å². The Balaban J connectivity index is 2.67. The third-order valence-corrected chi connectivity index (χ3v) is 3.70. The van der Waals surface area contributed by atoms with Gasteiger partial charge in [0.2, 0.25) is 5.67 Å². The van der Waals surface area contributed by atoms with Crippen molar-refractivity contribution < 1.29 is 49.4 Å². The van der Waals surface area contributed by atoms with Gasteiger partial charge in [-0.25, -0.2) is 4.39 Å². The summed E-state index contributed by atoms with van der Waals surface area (Å²) >= 11 is 0. The van der Waals surface area contributed by atoms with Crippen molar-refractivity contribution in [3.63, 3.8) is 0 Å². The normalized spacial score (nSPS) is 37.5. The molecule has 2 heterocycles. The van der Waals surface area contributed by atoms with Crippen LogP contribution >= 0.6 is 0 Å². The Bertz CT molecular complexity index is 401. The molecule has 0 aromatic carbocycles. The molecule has 0 spiro atoms. The molecular formula is C9H7F9O2. The zero-order chi connectivity index (χ0) is 15.8. The van der Waals surface area contributed by atoms with Crippen molar-refractivity contribution in [2.45, 2.75) is 54.6 Å². The molecule has 0 radical (unpaired) electrons. The van der Waals surface area contributed by atoms with Gasteiger partial charge in [0.05, 0.1) is 0 Å². The van der Waals surface area contributed by atoms with E-state index in [0.717, 1.165) is 0 Å². The lowest BCUT2D eigenvalue weighted by Crippen LogP contribution is -2.77. The fourth-order valence-electron chi connectivity index (χ4n) is 2.69. The second kappa shape index (κ2) is 3.73. The van der Waals surface area contributed by atoms with E-state index >= 15 is 0 Å². The average molecular weight is 318 g/mol. The van der Waals surface area contributed by atoms with E-state index in [2.05, 4.69) is 4.74 Å². The molecule has 118 valence electrons. The van der Waals surface area contributed by atoms with Gasteiger partial charge in [0.25, 0.3) is 5.60 Å². The standard InChI is InChI=1S/C9H7F9O2/c10-5(3-1-2-4(20-3)6(5,11)12)7(19,8(13,14)15)9(16,17)18/h3-4,19H,1-2H2. The van der Waals surface area contributed by atoms with Crippen LogP contribution in [0.15, 0.2) is 0 Å². The minimum Gasteiger partial charge on any atom is -0.371 e. The first-order valence-electron chi connectivity index (χ1n) is 5.29. The lowest BCUT2D eigenvalue weighted by atomic mass is 9.70. The van der Waals surface area contributed by atoms with Crippen LogP contribution in [0.2, 0.25) is 0 Å². The van der Waals surface area contributed by atoms with Crippen molar-refractivity contribution in [2.75, 3.05) is 0 Å². The molecule has 2 aliphatic heterocycles. The molecule has 3 atom stereocenters. The van der Waals surface area contributed by atoms with Gasteiger partial charge < -0.3 is 9.84 Å². The van der Waals surface area contributed by atoms with Crippen LogP contribution in [0.1, 0.15) is 12.8 Å². The molecular weight excluding hydrogens is 311 g/mol. The first-order valence-corrected chi connectivity index (χ1v) is 5.29. The average Bonchev–Trinajstić information content (AvgIpc) is 2.77. The van der Waals surface area contributed by atoms with Crippen LogP contribution in [0.4, 0.5) is 39.5 Å². The largest absolute Gasteiger partial charge is 0.429 e. The van der Waals surface area contributed by atoms with Gasteiger partial charge in [-0.2, -0.15) is 35.1 Å². The SMILES string of the molecule is OC(C(F)(F)F)(C(F)(F)F)C1(F)C2CCC(O2)C1(F)F. The molecule has 11 heteroatoms.